The Labute approximate surface area is 137 Å². The Bertz CT molecular complexity index is 696. The molecule has 5 heteroatoms. The fourth-order valence-electron chi connectivity index (χ4n) is 4.13. The molecule has 4 rings (SSSR count). The predicted octanol–water partition coefficient (Wildman–Crippen LogP) is 1.31. The lowest BCUT2D eigenvalue weighted by Crippen LogP contribution is -2.45. The summed E-state index contributed by atoms with van der Waals surface area (Å²) in [6.07, 6.45) is 7.23. The molecular weight excluding hydrogens is 286 g/mol. The minimum absolute atomic E-state index is 0.0991. The molecule has 23 heavy (non-hydrogen) atoms. The van der Waals surface area contributed by atoms with Crippen LogP contribution in [0.15, 0.2) is 30.6 Å². The number of aromatic nitrogens is 1. The normalized spacial score (nSPS) is 22.7. The molecule has 2 aliphatic heterocycles. The van der Waals surface area contributed by atoms with Crippen LogP contribution in [0.2, 0.25) is 0 Å². The first-order valence-electron chi connectivity index (χ1n) is 8.60. The molecule has 2 aliphatic rings. The molecule has 1 aromatic carbocycles. The summed E-state index contributed by atoms with van der Waals surface area (Å²) in [5.41, 5.74) is 14.7. The SMILES string of the molecule is NCCC(N)N1CCC(N2CCc3cncc4cccc2c34)C1. The maximum atomic E-state index is 6.25. The van der Waals surface area contributed by atoms with Crippen molar-refractivity contribution in [3.05, 3.63) is 36.2 Å². The monoisotopic (exact) mass is 311 g/mol. The molecule has 0 saturated carbocycles. The van der Waals surface area contributed by atoms with Gasteiger partial charge >= 0.3 is 0 Å². The molecule has 0 spiro atoms. The molecule has 0 radical (unpaired) electrons. The van der Waals surface area contributed by atoms with Gasteiger partial charge in [0, 0.05) is 54.5 Å². The number of anilines is 1. The van der Waals surface area contributed by atoms with Crippen LogP contribution < -0.4 is 16.4 Å². The van der Waals surface area contributed by atoms with Gasteiger partial charge in [-0.15, -0.1) is 0 Å². The zero-order valence-electron chi connectivity index (χ0n) is 13.5. The first-order chi connectivity index (χ1) is 11.3. The van der Waals surface area contributed by atoms with E-state index in [2.05, 4.69) is 33.0 Å². The first-order valence-corrected chi connectivity index (χ1v) is 8.60. The van der Waals surface area contributed by atoms with Crippen molar-refractivity contribution in [1.82, 2.24) is 9.88 Å². The average molecular weight is 311 g/mol. The van der Waals surface area contributed by atoms with Crippen LogP contribution in [0.25, 0.3) is 10.8 Å². The minimum Gasteiger partial charge on any atom is -0.366 e. The second kappa shape index (κ2) is 6.07. The highest BCUT2D eigenvalue weighted by atomic mass is 15.3. The third-order valence-electron chi connectivity index (χ3n) is 5.34. The first kappa shape index (κ1) is 14.9. The van der Waals surface area contributed by atoms with Crippen LogP contribution in [-0.4, -0.2) is 48.3 Å². The van der Waals surface area contributed by atoms with E-state index in [0.717, 1.165) is 32.5 Å². The van der Waals surface area contributed by atoms with Crippen molar-refractivity contribution in [3.63, 3.8) is 0 Å². The van der Waals surface area contributed by atoms with Crippen LogP contribution >= 0.6 is 0 Å². The van der Waals surface area contributed by atoms with Gasteiger partial charge in [-0.2, -0.15) is 0 Å². The molecule has 2 atom stereocenters. The largest absolute Gasteiger partial charge is 0.366 e. The second-order valence-electron chi connectivity index (χ2n) is 6.70. The van der Waals surface area contributed by atoms with E-state index in [-0.39, 0.29) is 6.17 Å². The summed E-state index contributed by atoms with van der Waals surface area (Å²) < 4.78 is 0. The van der Waals surface area contributed by atoms with Gasteiger partial charge in [0.2, 0.25) is 0 Å². The van der Waals surface area contributed by atoms with Crippen molar-refractivity contribution >= 4 is 16.5 Å². The summed E-state index contributed by atoms with van der Waals surface area (Å²) in [4.78, 5) is 9.36. The van der Waals surface area contributed by atoms with E-state index < -0.39 is 0 Å². The van der Waals surface area contributed by atoms with E-state index in [1.807, 2.05) is 12.4 Å². The number of nitrogens with zero attached hydrogens (tertiary/aromatic N) is 3. The Morgan fingerprint density at radius 1 is 1.26 bits per heavy atom. The van der Waals surface area contributed by atoms with Crippen molar-refractivity contribution in [2.75, 3.05) is 31.1 Å². The Balaban J connectivity index is 1.61. The molecule has 0 amide bonds. The van der Waals surface area contributed by atoms with Crippen molar-refractivity contribution in [2.45, 2.75) is 31.5 Å². The summed E-state index contributed by atoms with van der Waals surface area (Å²) in [6.45, 7) is 3.84. The highest BCUT2D eigenvalue weighted by molar-refractivity contribution is 5.97. The minimum atomic E-state index is 0.0991. The van der Waals surface area contributed by atoms with Crippen molar-refractivity contribution < 1.29 is 0 Å². The molecular formula is C18H25N5. The van der Waals surface area contributed by atoms with Gasteiger partial charge in [0.1, 0.15) is 0 Å². The van der Waals surface area contributed by atoms with Crippen LogP contribution in [0.4, 0.5) is 5.69 Å². The number of benzene rings is 1. The number of hydrogen-bond acceptors (Lipinski definition) is 5. The molecule has 4 N–H and O–H groups in total. The van der Waals surface area contributed by atoms with Gasteiger partial charge in [-0.3, -0.25) is 9.88 Å². The van der Waals surface area contributed by atoms with Crippen LogP contribution in [0.3, 0.4) is 0 Å². The van der Waals surface area contributed by atoms with E-state index in [1.165, 1.54) is 28.4 Å². The standard InChI is InChI=1S/C18H25N5/c19-7-4-17(20)22-8-6-15(12-22)23-9-5-14-11-21-10-13-2-1-3-16(23)18(13)14/h1-3,10-11,15,17H,4-9,12,19-20H2. The van der Waals surface area contributed by atoms with E-state index in [1.54, 1.807) is 0 Å². The molecule has 5 nitrogen and oxygen atoms in total. The third kappa shape index (κ3) is 2.59. The number of likely N-dealkylation sites (tertiary alicyclic amines) is 1. The maximum Gasteiger partial charge on any atom is 0.0584 e. The van der Waals surface area contributed by atoms with Gasteiger partial charge in [-0.05, 0) is 37.4 Å². The molecule has 0 aliphatic carbocycles. The topological polar surface area (TPSA) is 71.4 Å². The van der Waals surface area contributed by atoms with Gasteiger partial charge < -0.3 is 16.4 Å². The summed E-state index contributed by atoms with van der Waals surface area (Å²) in [5.74, 6) is 0. The maximum absolute atomic E-state index is 6.25. The average Bonchev–Trinajstić information content (AvgIpc) is 3.06. The summed E-state index contributed by atoms with van der Waals surface area (Å²) in [7, 11) is 0. The van der Waals surface area contributed by atoms with Gasteiger partial charge in [0.15, 0.2) is 0 Å². The van der Waals surface area contributed by atoms with Gasteiger partial charge in [-0.25, -0.2) is 0 Å². The molecule has 3 heterocycles. The Kier molecular flexibility index (Phi) is 3.93. The Hall–Kier alpha value is -1.69. The molecule has 122 valence electrons. The number of rotatable bonds is 4. The Morgan fingerprint density at radius 2 is 2.17 bits per heavy atom. The van der Waals surface area contributed by atoms with Gasteiger partial charge in [-0.1, -0.05) is 12.1 Å². The summed E-state index contributed by atoms with van der Waals surface area (Å²) >= 11 is 0. The molecule has 0 bridgehead atoms. The van der Waals surface area contributed by atoms with E-state index in [0.29, 0.717) is 12.6 Å². The smallest absolute Gasteiger partial charge is 0.0584 e. The van der Waals surface area contributed by atoms with Gasteiger partial charge in [0.25, 0.3) is 0 Å². The van der Waals surface area contributed by atoms with Crippen molar-refractivity contribution in [3.8, 4) is 0 Å². The Morgan fingerprint density at radius 3 is 3.04 bits per heavy atom. The predicted molar refractivity (Wildman–Crippen MR) is 94.4 cm³/mol. The van der Waals surface area contributed by atoms with Gasteiger partial charge in [0.05, 0.1) is 6.17 Å². The molecule has 1 fully saturated rings. The third-order valence-corrected chi connectivity index (χ3v) is 5.34. The van der Waals surface area contributed by atoms with Crippen molar-refractivity contribution in [1.29, 1.82) is 0 Å². The molecule has 1 aromatic heterocycles. The zero-order valence-corrected chi connectivity index (χ0v) is 13.5. The van der Waals surface area contributed by atoms with Crippen LogP contribution in [0.1, 0.15) is 18.4 Å². The lowest BCUT2D eigenvalue weighted by Gasteiger charge is -2.36. The lowest BCUT2D eigenvalue weighted by molar-refractivity contribution is 0.235. The fraction of sp³-hybridized carbons (Fsp3) is 0.500. The highest BCUT2D eigenvalue weighted by Gasteiger charge is 2.32. The van der Waals surface area contributed by atoms with Crippen LogP contribution in [0.5, 0.6) is 0 Å². The van der Waals surface area contributed by atoms with Crippen LogP contribution in [-0.2, 0) is 6.42 Å². The number of hydrogen-bond donors (Lipinski definition) is 2. The zero-order chi connectivity index (χ0) is 15.8. The number of nitrogens with two attached hydrogens (primary N) is 2. The van der Waals surface area contributed by atoms with Crippen LogP contribution in [0, 0.1) is 0 Å². The second-order valence-corrected chi connectivity index (χ2v) is 6.70. The summed E-state index contributed by atoms with van der Waals surface area (Å²) in [6, 6.07) is 7.12. The van der Waals surface area contributed by atoms with E-state index in [4.69, 9.17) is 11.5 Å². The quantitative estimate of drug-likeness (QED) is 0.891. The molecule has 2 aromatic rings. The molecule has 1 saturated heterocycles. The van der Waals surface area contributed by atoms with E-state index >= 15 is 0 Å². The highest BCUT2D eigenvalue weighted by Crippen LogP contribution is 2.36. The fourth-order valence-corrected chi connectivity index (χ4v) is 4.13. The van der Waals surface area contributed by atoms with E-state index in [9.17, 15) is 0 Å². The van der Waals surface area contributed by atoms with Crippen molar-refractivity contribution in [2.24, 2.45) is 11.5 Å². The summed E-state index contributed by atoms with van der Waals surface area (Å²) in [5, 5.41) is 2.64. The lowest BCUT2D eigenvalue weighted by atomic mass is 9.97. The number of pyridine rings is 1. The molecule has 2 unspecified atom stereocenters.